The molecular formula is C27H36FN3O7. The average Bonchev–Trinajstić information content (AvgIpc) is 2.92. The van der Waals surface area contributed by atoms with Crippen LogP contribution in [0.15, 0.2) is 54.6 Å². The molecule has 0 aliphatic rings. The Balaban J connectivity index is 2.23. The number of amides is 3. The van der Waals surface area contributed by atoms with Crippen molar-refractivity contribution in [2.45, 2.75) is 38.3 Å². The molecule has 0 saturated carbocycles. The quantitative estimate of drug-likeness (QED) is 0.338. The number of ether oxygens (including phenoxy) is 4. The number of alkyl carbamates (subject to hydrolysis) is 1. The molecule has 0 aromatic heterocycles. The van der Waals surface area contributed by atoms with Crippen molar-refractivity contribution >= 4 is 17.9 Å². The van der Waals surface area contributed by atoms with Crippen molar-refractivity contribution in [3.63, 3.8) is 0 Å². The van der Waals surface area contributed by atoms with E-state index in [-0.39, 0.29) is 25.6 Å². The molecule has 10 nitrogen and oxygen atoms in total. The molecular weight excluding hydrogens is 497 g/mol. The number of rotatable bonds is 15. The van der Waals surface area contributed by atoms with E-state index in [1.54, 1.807) is 19.1 Å². The molecule has 38 heavy (non-hydrogen) atoms. The third-order valence-electron chi connectivity index (χ3n) is 5.77. The summed E-state index contributed by atoms with van der Waals surface area (Å²) in [6, 6.07) is 13.8. The predicted octanol–water partition coefficient (Wildman–Crippen LogP) is 2.26. The molecule has 0 bridgehead atoms. The Morgan fingerprint density at radius 3 is 2.29 bits per heavy atom. The smallest absolute Gasteiger partial charge is 0.407 e. The third-order valence-corrected chi connectivity index (χ3v) is 5.77. The van der Waals surface area contributed by atoms with E-state index >= 15 is 0 Å². The fourth-order valence-corrected chi connectivity index (χ4v) is 3.81. The molecule has 0 saturated heterocycles. The number of nitrogens with zero attached hydrogens (tertiary/aromatic N) is 1. The van der Waals surface area contributed by atoms with Crippen molar-refractivity contribution in [1.29, 1.82) is 0 Å². The summed E-state index contributed by atoms with van der Waals surface area (Å²) >= 11 is 0. The van der Waals surface area contributed by atoms with Crippen LogP contribution in [0.3, 0.4) is 0 Å². The first-order chi connectivity index (χ1) is 18.3. The minimum Gasteiger partial charge on any atom is -0.453 e. The number of benzene rings is 2. The highest BCUT2D eigenvalue weighted by Gasteiger charge is 2.33. The molecule has 2 aromatic carbocycles. The summed E-state index contributed by atoms with van der Waals surface area (Å²) in [4.78, 5) is 39.3. The first-order valence-corrected chi connectivity index (χ1v) is 12.1. The summed E-state index contributed by atoms with van der Waals surface area (Å²) in [5, 5.41) is 4.92. The van der Waals surface area contributed by atoms with Crippen molar-refractivity contribution in [3.8, 4) is 0 Å². The molecule has 0 heterocycles. The van der Waals surface area contributed by atoms with E-state index in [0.717, 1.165) is 5.56 Å². The van der Waals surface area contributed by atoms with Crippen LogP contribution in [0.2, 0.25) is 0 Å². The molecule has 0 fully saturated rings. The molecule has 2 aromatic rings. The molecule has 0 radical (unpaired) electrons. The summed E-state index contributed by atoms with van der Waals surface area (Å²) in [6.45, 7) is 1.64. The van der Waals surface area contributed by atoms with Gasteiger partial charge in [-0.2, -0.15) is 0 Å². The van der Waals surface area contributed by atoms with Gasteiger partial charge in [-0.05, 0) is 36.6 Å². The lowest BCUT2D eigenvalue weighted by atomic mass is 10.1. The van der Waals surface area contributed by atoms with Gasteiger partial charge < -0.3 is 34.5 Å². The van der Waals surface area contributed by atoms with Crippen LogP contribution in [-0.2, 0) is 41.6 Å². The van der Waals surface area contributed by atoms with Crippen molar-refractivity contribution in [2.75, 3.05) is 41.0 Å². The van der Waals surface area contributed by atoms with Crippen LogP contribution in [0.4, 0.5) is 9.18 Å². The van der Waals surface area contributed by atoms with E-state index in [0.29, 0.717) is 12.0 Å². The maximum Gasteiger partial charge on any atom is 0.407 e. The van der Waals surface area contributed by atoms with E-state index in [9.17, 15) is 18.8 Å². The largest absolute Gasteiger partial charge is 0.453 e. The number of carbonyl (C=O) groups is 3. The van der Waals surface area contributed by atoms with Gasteiger partial charge in [0.15, 0.2) is 6.29 Å². The van der Waals surface area contributed by atoms with E-state index < -0.39 is 42.8 Å². The summed E-state index contributed by atoms with van der Waals surface area (Å²) in [5.41, 5.74) is 1.59. The third kappa shape index (κ3) is 10.1. The zero-order chi connectivity index (χ0) is 27.9. The number of hydrogen-bond acceptors (Lipinski definition) is 7. The summed E-state index contributed by atoms with van der Waals surface area (Å²) in [6.07, 6.45) is -1.19. The van der Waals surface area contributed by atoms with Gasteiger partial charge in [0.05, 0.1) is 26.4 Å². The zero-order valence-corrected chi connectivity index (χ0v) is 22.1. The minimum absolute atomic E-state index is 0.133. The van der Waals surface area contributed by atoms with Gasteiger partial charge in [-0.25, -0.2) is 9.18 Å². The van der Waals surface area contributed by atoms with E-state index in [4.69, 9.17) is 14.2 Å². The van der Waals surface area contributed by atoms with Crippen LogP contribution in [-0.4, -0.2) is 82.2 Å². The summed E-state index contributed by atoms with van der Waals surface area (Å²) < 4.78 is 34.8. The van der Waals surface area contributed by atoms with Crippen LogP contribution >= 0.6 is 0 Å². The van der Waals surface area contributed by atoms with Gasteiger partial charge >= 0.3 is 6.09 Å². The van der Waals surface area contributed by atoms with Gasteiger partial charge in [-0.3, -0.25) is 9.59 Å². The molecule has 208 valence electrons. The number of nitrogens with one attached hydrogen (secondary N) is 2. The minimum atomic E-state index is -1.09. The molecule has 0 unspecified atom stereocenters. The molecule has 2 atom stereocenters. The highest BCUT2D eigenvalue weighted by molar-refractivity contribution is 5.89. The normalized spacial score (nSPS) is 12.5. The van der Waals surface area contributed by atoms with E-state index in [1.807, 2.05) is 30.3 Å². The van der Waals surface area contributed by atoms with E-state index in [1.165, 1.54) is 38.4 Å². The highest BCUT2D eigenvalue weighted by atomic mass is 19.1. The van der Waals surface area contributed by atoms with Crippen LogP contribution in [0.25, 0.3) is 0 Å². The Labute approximate surface area is 222 Å². The molecule has 0 aliphatic heterocycles. The van der Waals surface area contributed by atoms with Crippen molar-refractivity contribution in [1.82, 2.24) is 15.5 Å². The van der Waals surface area contributed by atoms with E-state index in [2.05, 4.69) is 15.4 Å². The fourth-order valence-electron chi connectivity index (χ4n) is 3.81. The topological polar surface area (TPSA) is 115 Å². The number of carbonyl (C=O) groups excluding carboxylic acids is 3. The zero-order valence-electron chi connectivity index (χ0n) is 22.1. The van der Waals surface area contributed by atoms with Crippen molar-refractivity contribution in [3.05, 3.63) is 71.5 Å². The Bertz CT molecular complexity index is 1020. The monoisotopic (exact) mass is 533 g/mol. The Kier molecular flexibility index (Phi) is 13.2. The molecule has 11 heteroatoms. The lowest BCUT2D eigenvalue weighted by Gasteiger charge is -2.35. The van der Waals surface area contributed by atoms with Crippen LogP contribution < -0.4 is 10.6 Å². The first kappa shape index (κ1) is 30.7. The standard InChI is InChI=1S/C27H36FN3O7/c1-19(26(35-2)36-3)31(14-13-20-11-8-12-22(28)15-20)25(33)23(30-24(32)16-29-27(34)37-4)18-38-17-21-9-6-5-7-10-21/h5-12,15,19,23,26H,13-14,16-18H2,1-4H3,(H,29,34)(H,30,32)/t19-,23-/m0/s1. The molecule has 2 N–H and O–H groups in total. The lowest BCUT2D eigenvalue weighted by molar-refractivity contribution is -0.163. The molecule has 2 rings (SSSR count). The Hall–Kier alpha value is -3.54. The van der Waals surface area contributed by atoms with Crippen molar-refractivity contribution < 1.29 is 37.7 Å². The molecule has 3 amide bonds. The first-order valence-electron chi connectivity index (χ1n) is 12.1. The van der Waals surface area contributed by atoms with Gasteiger partial charge in [0.25, 0.3) is 0 Å². The maximum atomic E-state index is 13.8. The second-order valence-electron chi connectivity index (χ2n) is 8.46. The second kappa shape index (κ2) is 16.3. The van der Waals surface area contributed by atoms with Crippen molar-refractivity contribution in [2.24, 2.45) is 0 Å². The maximum absolute atomic E-state index is 13.8. The summed E-state index contributed by atoms with van der Waals surface area (Å²) in [7, 11) is 4.10. The van der Waals surface area contributed by atoms with Crippen LogP contribution in [0.5, 0.6) is 0 Å². The number of methoxy groups -OCH3 is 3. The summed E-state index contributed by atoms with van der Waals surface area (Å²) in [5.74, 6) is -1.44. The fraction of sp³-hybridized carbons (Fsp3) is 0.444. The van der Waals surface area contributed by atoms with Gasteiger partial charge in [0.2, 0.25) is 11.8 Å². The van der Waals surface area contributed by atoms with Crippen LogP contribution in [0, 0.1) is 5.82 Å². The van der Waals surface area contributed by atoms with Gasteiger partial charge in [-0.15, -0.1) is 0 Å². The van der Waals surface area contributed by atoms with Gasteiger partial charge in [0, 0.05) is 20.8 Å². The SMILES string of the molecule is COC(=O)NCC(=O)N[C@@H](COCc1ccccc1)C(=O)N(CCc1cccc(F)c1)[C@@H](C)C(OC)OC. The second-order valence-corrected chi connectivity index (χ2v) is 8.46. The van der Waals surface area contributed by atoms with Crippen LogP contribution in [0.1, 0.15) is 18.1 Å². The highest BCUT2D eigenvalue weighted by Crippen LogP contribution is 2.14. The Morgan fingerprint density at radius 1 is 0.974 bits per heavy atom. The van der Waals surface area contributed by atoms with Gasteiger partial charge in [0.1, 0.15) is 18.4 Å². The number of halogens is 1. The molecule has 0 aliphatic carbocycles. The molecule has 0 spiro atoms. The average molecular weight is 534 g/mol. The van der Waals surface area contributed by atoms with Gasteiger partial charge in [-0.1, -0.05) is 42.5 Å². The lowest BCUT2D eigenvalue weighted by Crippen LogP contribution is -2.57. The Morgan fingerprint density at radius 2 is 1.66 bits per heavy atom. The predicted molar refractivity (Wildman–Crippen MR) is 138 cm³/mol. The number of hydrogen-bond donors (Lipinski definition) is 2.